The second-order valence-corrected chi connectivity index (χ2v) is 6.93. The molecule has 0 unspecified atom stereocenters. The Kier molecular flexibility index (Phi) is 5.79. The number of halogens is 2. The zero-order chi connectivity index (χ0) is 20.3. The Bertz CT molecular complexity index is 1020. The van der Waals surface area contributed by atoms with E-state index in [4.69, 9.17) is 4.74 Å². The van der Waals surface area contributed by atoms with E-state index < -0.39 is 29.6 Å². The van der Waals surface area contributed by atoms with Gasteiger partial charge in [-0.25, -0.2) is 18.6 Å². The van der Waals surface area contributed by atoms with Gasteiger partial charge in [0.25, 0.3) is 5.91 Å². The SMILES string of the molecule is Cc1ccc(C(=O)O[C@@H](C)C(=O)Nc2nc(-c3ccc(F)c(F)c3)cs2)cc1. The summed E-state index contributed by atoms with van der Waals surface area (Å²) < 4.78 is 31.6. The minimum absolute atomic E-state index is 0.253. The highest BCUT2D eigenvalue weighted by atomic mass is 32.1. The number of anilines is 1. The first-order valence-corrected chi connectivity index (χ1v) is 9.21. The lowest BCUT2D eigenvalue weighted by atomic mass is 10.1. The predicted octanol–water partition coefficient (Wildman–Crippen LogP) is 4.58. The molecule has 1 amide bonds. The Morgan fingerprint density at radius 1 is 1.11 bits per heavy atom. The van der Waals surface area contributed by atoms with Gasteiger partial charge in [-0.3, -0.25) is 10.1 Å². The topological polar surface area (TPSA) is 68.3 Å². The molecule has 3 rings (SSSR count). The third kappa shape index (κ3) is 4.58. The minimum Gasteiger partial charge on any atom is -0.449 e. The number of ether oxygens (including phenoxy) is 1. The van der Waals surface area contributed by atoms with Crippen LogP contribution in [-0.2, 0) is 9.53 Å². The smallest absolute Gasteiger partial charge is 0.338 e. The van der Waals surface area contributed by atoms with Crippen molar-refractivity contribution in [2.45, 2.75) is 20.0 Å². The molecule has 0 aliphatic rings. The van der Waals surface area contributed by atoms with Crippen molar-refractivity contribution < 1.29 is 23.1 Å². The van der Waals surface area contributed by atoms with Gasteiger partial charge < -0.3 is 4.74 Å². The Balaban J connectivity index is 1.62. The number of aryl methyl sites for hydroxylation is 1. The molecule has 0 aliphatic carbocycles. The molecule has 1 heterocycles. The van der Waals surface area contributed by atoms with Crippen LogP contribution in [0.5, 0.6) is 0 Å². The summed E-state index contributed by atoms with van der Waals surface area (Å²) in [5, 5.41) is 4.40. The normalized spacial score (nSPS) is 11.7. The number of rotatable bonds is 5. The van der Waals surface area contributed by atoms with Gasteiger partial charge in [0.15, 0.2) is 22.9 Å². The molecule has 0 bridgehead atoms. The van der Waals surface area contributed by atoms with Crippen molar-refractivity contribution in [1.29, 1.82) is 0 Å². The van der Waals surface area contributed by atoms with Crippen LogP contribution in [0.15, 0.2) is 47.8 Å². The zero-order valence-electron chi connectivity index (χ0n) is 15.0. The van der Waals surface area contributed by atoms with Crippen LogP contribution in [0.25, 0.3) is 11.3 Å². The van der Waals surface area contributed by atoms with E-state index in [-0.39, 0.29) is 5.13 Å². The second kappa shape index (κ2) is 8.26. The molecule has 1 aromatic heterocycles. The molecule has 3 aromatic rings. The van der Waals surface area contributed by atoms with Crippen molar-refractivity contribution in [2.24, 2.45) is 0 Å². The van der Waals surface area contributed by atoms with Gasteiger partial charge in [-0.1, -0.05) is 17.7 Å². The predicted molar refractivity (Wildman–Crippen MR) is 102 cm³/mol. The first-order chi connectivity index (χ1) is 13.3. The van der Waals surface area contributed by atoms with Gasteiger partial charge in [0.05, 0.1) is 11.3 Å². The van der Waals surface area contributed by atoms with Crippen LogP contribution in [0, 0.1) is 18.6 Å². The number of nitrogens with zero attached hydrogens (tertiary/aromatic N) is 1. The number of amides is 1. The number of carbonyl (C=O) groups excluding carboxylic acids is 2. The number of esters is 1. The molecule has 28 heavy (non-hydrogen) atoms. The molecule has 0 saturated carbocycles. The van der Waals surface area contributed by atoms with Gasteiger partial charge in [0.2, 0.25) is 0 Å². The Hall–Kier alpha value is -3.13. The summed E-state index contributed by atoms with van der Waals surface area (Å²) in [7, 11) is 0. The number of aromatic nitrogens is 1. The number of thiazole rings is 1. The van der Waals surface area contributed by atoms with E-state index >= 15 is 0 Å². The third-order valence-electron chi connectivity index (χ3n) is 3.89. The zero-order valence-corrected chi connectivity index (χ0v) is 15.8. The quantitative estimate of drug-likeness (QED) is 0.635. The molecule has 1 atom stereocenters. The molecular weight excluding hydrogens is 386 g/mol. The molecule has 0 radical (unpaired) electrons. The average molecular weight is 402 g/mol. The lowest BCUT2D eigenvalue weighted by Crippen LogP contribution is -2.29. The van der Waals surface area contributed by atoms with E-state index in [0.29, 0.717) is 16.8 Å². The highest BCUT2D eigenvalue weighted by Crippen LogP contribution is 2.26. The maximum atomic E-state index is 13.4. The molecule has 144 valence electrons. The number of nitrogens with one attached hydrogen (secondary N) is 1. The summed E-state index contributed by atoms with van der Waals surface area (Å²) >= 11 is 1.12. The highest BCUT2D eigenvalue weighted by molar-refractivity contribution is 7.14. The van der Waals surface area contributed by atoms with Crippen molar-refractivity contribution >= 4 is 28.3 Å². The number of hydrogen-bond donors (Lipinski definition) is 1. The lowest BCUT2D eigenvalue weighted by Gasteiger charge is -2.12. The fourth-order valence-electron chi connectivity index (χ4n) is 2.30. The number of hydrogen-bond acceptors (Lipinski definition) is 5. The fraction of sp³-hybridized carbons (Fsp3) is 0.150. The first kappa shape index (κ1) is 19.6. The Morgan fingerprint density at radius 2 is 1.82 bits per heavy atom. The Morgan fingerprint density at radius 3 is 2.50 bits per heavy atom. The molecule has 8 heteroatoms. The molecular formula is C20H16F2N2O3S. The number of carbonyl (C=O) groups is 2. The monoisotopic (exact) mass is 402 g/mol. The first-order valence-electron chi connectivity index (χ1n) is 8.33. The maximum absolute atomic E-state index is 13.4. The third-order valence-corrected chi connectivity index (χ3v) is 4.65. The van der Waals surface area contributed by atoms with Gasteiger partial charge in [0, 0.05) is 10.9 Å². The molecule has 1 N–H and O–H groups in total. The molecule has 2 aromatic carbocycles. The molecule has 0 spiro atoms. The Labute approximate surface area is 164 Å². The van der Waals surface area contributed by atoms with Gasteiger partial charge in [0.1, 0.15) is 0 Å². The minimum atomic E-state index is -1.04. The van der Waals surface area contributed by atoms with Crippen LogP contribution in [0.4, 0.5) is 13.9 Å². The molecule has 0 saturated heterocycles. The summed E-state index contributed by atoms with van der Waals surface area (Å²) in [6.45, 7) is 3.35. The fourth-order valence-corrected chi connectivity index (χ4v) is 3.02. The van der Waals surface area contributed by atoms with Crippen LogP contribution in [0.3, 0.4) is 0 Å². The highest BCUT2D eigenvalue weighted by Gasteiger charge is 2.20. The summed E-state index contributed by atoms with van der Waals surface area (Å²) in [5.74, 6) is -3.08. The van der Waals surface area contributed by atoms with E-state index in [1.54, 1.807) is 29.6 Å². The van der Waals surface area contributed by atoms with Crippen molar-refractivity contribution in [3.63, 3.8) is 0 Å². The number of benzene rings is 2. The van der Waals surface area contributed by atoms with E-state index in [2.05, 4.69) is 10.3 Å². The summed E-state index contributed by atoms with van der Waals surface area (Å²) in [6.07, 6.45) is -1.04. The van der Waals surface area contributed by atoms with Crippen molar-refractivity contribution in [1.82, 2.24) is 4.98 Å². The summed E-state index contributed by atoms with van der Waals surface area (Å²) in [6, 6.07) is 10.2. The van der Waals surface area contributed by atoms with Crippen molar-refractivity contribution in [3.8, 4) is 11.3 Å². The summed E-state index contributed by atoms with van der Waals surface area (Å²) in [4.78, 5) is 28.5. The second-order valence-electron chi connectivity index (χ2n) is 6.07. The van der Waals surface area contributed by atoms with E-state index in [1.807, 2.05) is 6.92 Å². The van der Waals surface area contributed by atoms with Gasteiger partial charge in [-0.15, -0.1) is 11.3 Å². The molecule has 5 nitrogen and oxygen atoms in total. The van der Waals surface area contributed by atoms with Crippen LogP contribution in [-0.4, -0.2) is 23.0 Å². The molecule has 0 aliphatic heterocycles. The largest absolute Gasteiger partial charge is 0.449 e. The van der Waals surface area contributed by atoms with E-state index in [9.17, 15) is 18.4 Å². The average Bonchev–Trinajstić information content (AvgIpc) is 3.12. The van der Waals surface area contributed by atoms with Crippen LogP contribution >= 0.6 is 11.3 Å². The van der Waals surface area contributed by atoms with Gasteiger partial charge in [-0.05, 0) is 44.2 Å². The standard InChI is InChI=1S/C20H16F2N2O3S/c1-11-3-5-13(6-4-11)19(26)27-12(2)18(25)24-20-23-17(10-28-20)14-7-8-15(21)16(22)9-14/h3-10,12H,1-2H3,(H,23,24,25)/t12-/m0/s1. The summed E-state index contributed by atoms with van der Waals surface area (Å²) in [5.41, 5.74) is 2.13. The van der Waals surface area contributed by atoms with E-state index in [0.717, 1.165) is 29.0 Å². The van der Waals surface area contributed by atoms with E-state index in [1.165, 1.54) is 13.0 Å². The van der Waals surface area contributed by atoms with Gasteiger partial charge >= 0.3 is 5.97 Å². The van der Waals surface area contributed by atoms with Crippen molar-refractivity contribution in [3.05, 3.63) is 70.6 Å². The maximum Gasteiger partial charge on any atom is 0.338 e. The van der Waals surface area contributed by atoms with Gasteiger partial charge in [-0.2, -0.15) is 0 Å². The van der Waals surface area contributed by atoms with Crippen LogP contribution < -0.4 is 5.32 Å². The lowest BCUT2D eigenvalue weighted by molar-refractivity contribution is -0.123. The van der Waals surface area contributed by atoms with Crippen LogP contribution in [0.2, 0.25) is 0 Å². The van der Waals surface area contributed by atoms with Crippen LogP contribution in [0.1, 0.15) is 22.8 Å². The van der Waals surface area contributed by atoms with Crippen molar-refractivity contribution in [2.75, 3.05) is 5.32 Å². The molecule has 0 fully saturated rings.